The number of nitrogens with zero attached hydrogens (tertiary/aromatic N) is 1. The second-order valence-electron chi connectivity index (χ2n) is 9.24. The fraction of sp³-hybridized carbons (Fsp3) is 1.00. The first-order valence-corrected chi connectivity index (χ1v) is 10.4. The lowest BCUT2D eigenvalue weighted by Gasteiger charge is -2.44. The Balaban J connectivity index is 1.87. The number of aliphatic hydroxyl groups excluding tert-OH is 1. The number of ether oxygens (including phenoxy) is 2. The minimum Gasteiger partial charge on any atom is -0.378 e. The molecule has 0 aromatic carbocycles. The van der Waals surface area contributed by atoms with Gasteiger partial charge in [0.25, 0.3) is 0 Å². The zero-order valence-electron chi connectivity index (χ0n) is 17.3. The Bertz CT molecular complexity index is 383. The van der Waals surface area contributed by atoms with Crippen molar-refractivity contribution in [2.75, 3.05) is 26.8 Å². The van der Waals surface area contributed by atoms with E-state index in [4.69, 9.17) is 9.47 Å². The van der Waals surface area contributed by atoms with Crippen molar-refractivity contribution in [3.05, 3.63) is 0 Å². The van der Waals surface area contributed by atoms with Crippen molar-refractivity contribution in [3.63, 3.8) is 0 Å². The number of hydrogen-bond donors (Lipinski definition) is 1. The van der Waals surface area contributed by atoms with Crippen LogP contribution in [-0.4, -0.2) is 48.8 Å². The zero-order valence-corrected chi connectivity index (χ0v) is 17.3. The maximum absolute atomic E-state index is 11.0. The molecule has 1 heterocycles. The quantitative estimate of drug-likeness (QED) is 0.698. The summed E-state index contributed by atoms with van der Waals surface area (Å²) in [5.41, 5.74) is 0. The van der Waals surface area contributed by atoms with Crippen molar-refractivity contribution >= 4 is 0 Å². The predicted octanol–water partition coefficient (Wildman–Crippen LogP) is 4.12. The van der Waals surface area contributed by atoms with E-state index in [0.717, 1.165) is 32.6 Å². The Morgan fingerprint density at radius 1 is 0.960 bits per heavy atom. The summed E-state index contributed by atoms with van der Waals surface area (Å²) in [6, 6.07) is 0. The van der Waals surface area contributed by atoms with E-state index in [2.05, 4.69) is 39.5 Å². The third-order valence-corrected chi connectivity index (χ3v) is 6.55. The third kappa shape index (κ3) is 5.41. The molecule has 0 amide bonds. The third-order valence-electron chi connectivity index (χ3n) is 6.55. The summed E-state index contributed by atoms with van der Waals surface area (Å²) in [4.78, 5) is 2.11. The first-order valence-electron chi connectivity index (χ1n) is 10.4. The minimum absolute atomic E-state index is 0.278. The van der Waals surface area contributed by atoms with Gasteiger partial charge < -0.3 is 14.6 Å². The molecule has 4 nitrogen and oxygen atoms in total. The normalized spacial score (nSPS) is 25.7. The van der Waals surface area contributed by atoms with Crippen molar-refractivity contribution in [1.82, 2.24) is 4.90 Å². The zero-order chi connectivity index (χ0) is 18.6. The maximum Gasteiger partial charge on any atom is 0.168 e. The molecule has 2 aliphatic rings. The molecule has 1 aliphatic carbocycles. The van der Waals surface area contributed by atoms with Crippen LogP contribution >= 0.6 is 0 Å². The van der Waals surface area contributed by atoms with Gasteiger partial charge in [-0.15, -0.1) is 0 Å². The molecule has 0 aromatic heterocycles. The highest BCUT2D eigenvalue weighted by atomic mass is 16.7. The lowest BCUT2D eigenvalue weighted by Crippen LogP contribution is -2.50. The van der Waals surface area contributed by atoms with Crippen LogP contribution in [0.15, 0.2) is 0 Å². The maximum atomic E-state index is 11.0. The molecule has 0 aromatic rings. The van der Waals surface area contributed by atoms with Crippen LogP contribution < -0.4 is 0 Å². The first-order chi connectivity index (χ1) is 11.8. The second kappa shape index (κ2) is 9.16. The Morgan fingerprint density at radius 3 is 2.00 bits per heavy atom. The lowest BCUT2D eigenvalue weighted by molar-refractivity contribution is -0.297. The first kappa shape index (κ1) is 21.1. The molecular formula is C21H41NO3. The molecule has 1 spiro atoms. The largest absolute Gasteiger partial charge is 0.378 e. The van der Waals surface area contributed by atoms with Gasteiger partial charge in [-0.25, -0.2) is 0 Å². The van der Waals surface area contributed by atoms with E-state index in [1.165, 1.54) is 19.3 Å². The van der Waals surface area contributed by atoms with Gasteiger partial charge in [-0.2, -0.15) is 0 Å². The molecule has 1 saturated carbocycles. The molecule has 1 aliphatic heterocycles. The highest BCUT2D eigenvalue weighted by molar-refractivity contribution is 4.83. The molecule has 0 radical (unpaired) electrons. The molecule has 1 saturated heterocycles. The van der Waals surface area contributed by atoms with E-state index in [-0.39, 0.29) is 11.7 Å². The van der Waals surface area contributed by atoms with Crippen LogP contribution in [0.4, 0.5) is 0 Å². The number of rotatable bonds is 7. The minimum atomic E-state index is -0.414. The van der Waals surface area contributed by atoms with Crippen LogP contribution in [0, 0.1) is 29.6 Å². The average Bonchev–Trinajstić information content (AvgIpc) is 2.57. The fourth-order valence-corrected chi connectivity index (χ4v) is 4.59. The summed E-state index contributed by atoms with van der Waals surface area (Å²) in [5.74, 6) is 1.84. The van der Waals surface area contributed by atoms with E-state index < -0.39 is 6.23 Å². The summed E-state index contributed by atoms with van der Waals surface area (Å²) >= 11 is 0. The van der Waals surface area contributed by atoms with Gasteiger partial charge in [-0.3, -0.25) is 4.90 Å². The predicted molar refractivity (Wildman–Crippen MR) is 102 cm³/mol. The molecular weight excluding hydrogens is 314 g/mol. The van der Waals surface area contributed by atoms with Gasteiger partial charge in [0.05, 0.1) is 13.2 Å². The van der Waals surface area contributed by atoms with Crippen LogP contribution in [0.3, 0.4) is 0 Å². The Morgan fingerprint density at radius 2 is 1.52 bits per heavy atom. The number of aliphatic hydroxyl groups is 1. The van der Waals surface area contributed by atoms with Gasteiger partial charge in [-0.05, 0) is 37.6 Å². The fourth-order valence-electron chi connectivity index (χ4n) is 4.59. The second-order valence-corrected chi connectivity index (χ2v) is 9.24. The van der Waals surface area contributed by atoms with E-state index in [9.17, 15) is 5.11 Å². The average molecular weight is 356 g/mol. The van der Waals surface area contributed by atoms with Gasteiger partial charge in [0.2, 0.25) is 0 Å². The summed E-state index contributed by atoms with van der Waals surface area (Å²) in [6.45, 7) is 13.5. The van der Waals surface area contributed by atoms with Crippen LogP contribution in [0.1, 0.15) is 66.7 Å². The van der Waals surface area contributed by atoms with Crippen LogP contribution in [0.25, 0.3) is 0 Å². The van der Waals surface area contributed by atoms with Crippen LogP contribution in [0.5, 0.6) is 0 Å². The van der Waals surface area contributed by atoms with Crippen molar-refractivity contribution in [2.45, 2.75) is 78.7 Å². The summed E-state index contributed by atoms with van der Waals surface area (Å²) in [5, 5.41) is 11.0. The van der Waals surface area contributed by atoms with Crippen LogP contribution in [0.2, 0.25) is 0 Å². The molecule has 25 heavy (non-hydrogen) atoms. The van der Waals surface area contributed by atoms with Crippen molar-refractivity contribution in [1.29, 1.82) is 0 Å². The van der Waals surface area contributed by atoms with Gasteiger partial charge in [0.15, 0.2) is 5.79 Å². The van der Waals surface area contributed by atoms with Gasteiger partial charge in [0, 0.05) is 31.2 Å². The van der Waals surface area contributed by atoms with E-state index in [1.807, 2.05) is 7.05 Å². The highest BCUT2D eigenvalue weighted by Crippen LogP contribution is 2.36. The molecule has 4 heteroatoms. The molecule has 1 N–H and O–H groups in total. The van der Waals surface area contributed by atoms with Gasteiger partial charge in [-0.1, -0.05) is 41.0 Å². The summed E-state index contributed by atoms with van der Waals surface area (Å²) in [7, 11) is 2.04. The Hall–Kier alpha value is -0.160. The lowest BCUT2D eigenvalue weighted by atomic mass is 9.77. The van der Waals surface area contributed by atoms with Crippen molar-refractivity contribution in [2.24, 2.45) is 29.6 Å². The summed E-state index contributed by atoms with van der Waals surface area (Å²) in [6.07, 6.45) is 5.40. The van der Waals surface area contributed by atoms with E-state index in [1.54, 1.807) is 0 Å². The van der Waals surface area contributed by atoms with Gasteiger partial charge in [0.1, 0.15) is 6.23 Å². The van der Waals surface area contributed by atoms with E-state index >= 15 is 0 Å². The molecule has 148 valence electrons. The van der Waals surface area contributed by atoms with Crippen LogP contribution in [-0.2, 0) is 9.47 Å². The molecule has 2 rings (SSSR count). The van der Waals surface area contributed by atoms with Crippen molar-refractivity contribution < 1.29 is 14.6 Å². The van der Waals surface area contributed by atoms with Gasteiger partial charge >= 0.3 is 0 Å². The Kier molecular flexibility index (Phi) is 7.75. The smallest absolute Gasteiger partial charge is 0.168 e. The molecule has 0 bridgehead atoms. The van der Waals surface area contributed by atoms with E-state index in [0.29, 0.717) is 23.7 Å². The molecule has 3 unspecified atom stereocenters. The monoisotopic (exact) mass is 355 g/mol. The summed E-state index contributed by atoms with van der Waals surface area (Å²) < 4.78 is 12.3. The SMILES string of the molecule is CC(C)C(C)C(C(C)C)C(O)N(C)CC1COC2(CCCCC2)OC1. The van der Waals surface area contributed by atoms with Crippen molar-refractivity contribution in [3.8, 4) is 0 Å². The highest BCUT2D eigenvalue weighted by Gasteiger charge is 2.40. The molecule has 2 fully saturated rings. The topological polar surface area (TPSA) is 41.9 Å². The molecule has 3 atom stereocenters. The number of hydrogen-bond acceptors (Lipinski definition) is 4. The Labute approximate surface area is 155 Å². The standard InChI is InChI=1S/C21H41NO3/c1-15(2)17(5)19(16(3)4)20(23)22(6)12-18-13-24-21(25-14-18)10-8-7-9-11-21/h15-20,23H,7-14H2,1-6H3.